The molecule has 1 heterocycles. The molecule has 1 spiro atoms. The predicted octanol–water partition coefficient (Wildman–Crippen LogP) is 14.7. The van der Waals surface area contributed by atoms with Crippen LogP contribution >= 0.6 is 0 Å². The van der Waals surface area contributed by atoms with Gasteiger partial charge in [-0.2, -0.15) is 0 Å². The second-order valence-electron chi connectivity index (χ2n) is 15.2. The van der Waals surface area contributed by atoms with Crippen LogP contribution in [-0.4, -0.2) is 0 Å². The maximum Gasteiger partial charge on any atom is 0.136 e. The highest BCUT2D eigenvalue weighted by Gasteiger charge is 2.53. The zero-order chi connectivity index (χ0) is 37.5. The lowest BCUT2D eigenvalue weighted by atomic mass is 9.70. The number of benzene rings is 9. The summed E-state index contributed by atoms with van der Waals surface area (Å²) < 4.78 is 6.41. The Bertz CT molecular complexity index is 3130. The summed E-state index contributed by atoms with van der Waals surface area (Å²) in [5, 5.41) is 2.26. The van der Waals surface area contributed by atoms with E-state index in [9.17, 15) is 0 Å². The fourth-order valence-corrected chi connectivity index (χ4v) is 9.97. The highest BCUT2D eigenvalue weighted by molar-refractivity contribution is 6.06. The highest BCUT2D eigenvalue weighted by atomic mass is 16.3. The van der Waals surface area contributed by atoms with Gasteiger partial charge in [-0.05, 0) is 98.1 Å². The van der Waals surface area contributed by atoms with E-state index in [0.29, 0.717) is 0 Å². The van der Waals surface area contributed by atoms with Crippen LogP contribution in [0.4, 0.5) is 17.1 Å². The number of fused-ring (bicyclic) bond motifs is 13. The normalized spacial score (nSPS) is 13.1. The fourth-order valence-electron chi connectivity index (χ4n) is 9.97. The third-order valence-corrected chi connectivity index (χ3v) is 12.3. The molecule has 0 amide bonds. The van der Waals surface area contributed by atoms with Crippen molar-refractivity contribution in [3.05, 3.63) is 235 Å². The van der Waals surface area contributed by atoms with Crippen molar-refractivity contribution in [3.63, 3.8) is 0 Å². The molecular weight excluding hydrogens is 691 g/mol. The summed E-state index contributed by atoms with van der Waals surface area (Å²) in [6, 6.07) is 77.6. The van der Waals surface area contributed by atoms with Gasteiger partial charge in [-0.25, -0.2) is 0 Å². The van der Waals surface area contributed by atoms with E-state index in [4.69, 9.17) is 4.42 Å². The third-order valence-electron chi connectivity index (χ3n) is 12.3. The molecule has 2 nitrogen and oxygen atoms in total. The molecule has 2 aliphatic rings. The smallest absolute Gasteiger partial charge is 0.136 e. The molecule has 266 valence electrons. The summed E-state index contributed by atoms with van der Waals surface area (Å²) in [5.41, 5.74) is 19.6. The van der Waals surface area contributed by atoms with Crippen molar-refractivity contribution >= 4 is 39.0 Å². The number of anilines is 3. The van der Waals surface area contributed by atoms with Crippen molar-refractivity contribution < 1.29 is 4.42 Å². The predicted molar refractivity (Wildman–Crippen MR) is 236 cm³/mol. The van der Waals surface area contributed by atoms with Crippen LogP contribution in [0, 0.1) is 0 Å². The molecule has 0 bridgehead atoms. The maximum atomic E-state index is 6.41. The van der Waals surface area contributed by atoms with E-state index in [1.54, 1.807) is 0 Å². The largest absolute Gasteiger partial charge is 0.456 e. The maximum absolute atomic E-state index is 6.41. The molecule has 57 heavy (non-hydrogen) atoms. The first kappa shape index (κ1) is 31.9. The number of para-hydroxylation sites is 2. The van der Waals surface area contributed by atoms with Crippen LogP contribution in [-0.2, 0) is 5.41 Å². The summed E-state index contributed by atoms with van der Waals surface area (Å²) >= 11 is 0. The molecule has 2 heteroatoms. The first-order chi connectivity index (χ1) is 28.3. The molecule has 12 rings (SSSR count). The van der Waals surface area contributed by atoms with E-state index >= 15 is 0 Å². The number of furan rings is 1. The molecule has 0 saturated carbocycles. The Morgan fingerprint density at radius 1 is 0.333 bits per heavy atom. The highest BCUT2D eigenvalue weighted by Crippen LogP contribution is 2.65. The van der Waals surface area contributed by atoms with E-state index in [1.807, 2.05) is 12.1 Å². The monoisotopic (exact) mass is 725 g/mol. The number of hydrogen-bond acceptors (Lipinski definition) is 2. The lowest BCUT2D eigenvalue weighted by molar-refractivity contribution is 0.669. The number of nitrogens with zero attached hydrogens (tertiary/aromatic N) is 1. The Morgan fingerprint density at radius 2 is 0.877 bits per heavy atom. The molecular formula is C55H35NO. The zero-order valence-electron chi connectivity index (χ0n) is 31.1. The van der Waals surface area contributed by atoms with Gasteiger partial charge in [0.1, 0.15) is 11.2 Å². The van der Waals surface area contributed by atoms with Crippen molar-refractivity contribution in [1.82, 2.24) is 0 Å². The van der Waals surface area contributed by atoms with Crippen molar-refractivity contribution in [2.24, 2.45) is 0 Å². The minimum absolute atomic E-state index is 0.514. The van der Waals surface area contributed by atoms with Crippen LogP contribution in [0.15, 0.2) is 217 Å². The van der Waals surface area contributed by atoms with E-state index in [0.717, 1.165) is 61.3 Å². The van der Waals surface area contributed by atoms with Crippen molar-refractivity contribution in [2.75, 3.05) is 4.90 Å². The zero-order valence-corrected chi connectivity index (χ0v) is 31.1. The molecule has 0 unspecified atom stereocenters. The molecule has 2 aliphatic carbocycles. The molecule has 0 N–H and O–H groups in total. The Morgan fingerprint density at radius 3 is 1.60 bits per heavy atom. The van der Waals surface area contributed by atoms with Crippen LogP contribution in [0.3, 0.4) is 0 Å². The van der Waals surface area contributed by atoms with Gasteiger partial charge in [-0.1, -0.05) is 170 Å². The van der Waals surface area contributed by atoms with Gasteiger partial charge in [0.05, 0.1) is 16.8 Å². The summed E-state index contributed by atoms with van der Waals surface area (Å²) in [5.74, 6) is 0. The Kier molecular flexibility index (Phi) is 6.88. The number of hydrogen-bond donors (Lipinski definition) is 0. The van der Waals surface area contributed by atoms with E-state index in [1.165, 1.54) is 44.5 Å². The van der Waals surface area contributed by atoms with Gasteiger partial charge in [0.15, 0.2) is 0 Å². The molecule has 1 aromatic heterocycles. The minimum atomic E-state index is -0.514. The second-order valence-corrected chi connectivity index (χ2v) is 15.2. The molecule has 10 aromatic rings. The van der Waals surface area contributed by atoms with Crippen LogP contribution < -0.4 is 4.90 Å². The quantitative estimate of drug-likeness (QED) is 0.176. The van der Waals surface area contributed by atoms with Crippen molar-refractivity contribution in [3.8, 4) is 44.5 Å². The van der Waals surface area contributed by atoms with E-state index in [-0.39, 0.29) is 0 Å². The molecule has 0 saturated heterocycles. The first-order valence-electron chi connectivity index (χ1n) is 19.7. The Hall–Kier alpha value is -7.42. The van der Waals surface area contributed by atoms with Crippen LogP contribution in [0.5, 0.6) is 0 Å². The average Bonchev–Trinajstić information content (AvgIpc) is 3.91. The van der Waals surface area contributed by atoms with Gasteiger partial charge in [0, 0.05) is 27.6 Å². The van der Waals surface area contributed by atoms with E-state index in [2.05, 4.69) is 205 Å². The number of rotatable bonds is 5. The lowest BCUT2D eigenvalue weighted by Crippen LogP contribution is -2.28. The lowest BCUT2D eigenvalue weighted by Gasteiger charge is -2.36. The first-order valence-corrected chi connectivity index (χ1v) is 19.7. The van der Waals surface area contributed by atoms with Crippen LogP contribution in [0.1, 0.15) is 22.3 Å². The summed E-state index contributed by atoms with van der Waals surface area (Å²) in [7, 11) is 0. The molecule has 0 fully saturated rings. The molecule has 0 radical (unpaired) electrons. The summed E-state index contributed by atoms with van der Waals surface area (Å²) in [4.78, 5) is 2.52. The Balaban J connectivity index is 1.17. The van der Waals surface area contributed by atoms with Gasteiger partial charge in [0.2, 0.25) is 0 Å². The fraction of sp³-hybridized carbons (Fsp3) is 0.0182. The van der Waals surface area contributed by atoms with Gasteiger partial charge < -0.3 is 9.32 Å². The molecule has 0 aliphatic heterocycles. The van der Waals surface area contributed by atoms with Crippen LogP contribution in [0.25, 0.3) is 66.4 Å². The summed E-state index contributed by atoms with van der Waals surface area (Å²) in [6.07, 6.45) is 0. The van der Waals surface area contributed by atoms with Gasteiger partial charge >= 0.3 is 0 Å². The Labute approximate surface area is 331 Å². The van der Waals surface area contributed by atoms with Crippen molar-refractivity contribution in [2.45, 2.75) is 5.41 Å². The SMILES string of the molecule is c1ccc(-c2ccc(-c3ccc4c(c3)oc3ccccc34)cc2N(c2ccccc2)c2cccc3c2C2(c4ccccc4-c4ccccc42)c2ccccc2-3)cc1. The van der Waals surface area contributed by atoms with Gasteiger partial charge in [-0.15, -0.1) is 0 Å². The topological polar surface area (TPSA) is 16.4 Å². The molecule has 0 atom stereocenters. The van der Waals surface area contributed by atoms with Crippen molar-refractivity contribution in [1.29, 1.82) is 0 Å². The second kappa shape index (κ2) is 12.3. The van der Waals surface area contributed by atoms with E-state index < -0.39 is 5.41 Å². The van der Waals surface area contributed by atoms with Crippen LogP contribution in [0.2, 0.25) is 0 Å². The molecule has 9 aromatic carbocycles. The van der Waals surface area contributed by atoms with Gasteiger partial charge in [-0.3, -0.25) is 0 Å². The summed E-state index contributed by atoms with van der Waals surface area (Å²) in [6.45, 7) is 0. The minimum Gasteiger partial charge on any atom is -0.456 e. The standard InChI is InChI=1S/C55H35NO/c1-3-16-36(17-4-1)40-32-30-37(38-31-33-45-44-23-10-14-29-52(44)57-53(45)35-38)34-51(40)56(39-18-5-2-6-19-39)50-28-15-24-46-43-22-9-13-27-49(43)55(54(46)50)47-25-11-7-20-41(47)42-21-8-12-26-48(42)55/h1-35H. The van der Waals surface area contributed by atoms with Gasteiger partial charge in [0.25, 0.3) is 0 Å². The average molecular weight is 726 g/mol. The third kappa shape index (κ3) is 4.53.